The van der Waals surface area contributed by atoms with E-state index in [-0.39, 0.29) is 5.57 Å². The molecule has 0 aliphatic heterocycles. The molecule has 0 aromatic heterocycles. The number of hydrogen-bond donors (Lipinski definition) is 2. The van der Waals surface area contributed by atoms with E-state index in [1.807, 2.05) is 0 Å². The van der Waals surface area contributed by atoms with E-state index in [1.165, 1.54) is 13.2 Å². The quantitative estimate of drug-likeness (QED) is 0.426. The molecule has 0 atom stereocenters. The summed E-state index contributed by atoms with van der Waals surface area (Å²) in [7, 11) is 1.49. The van der Waals surface area contributed by atoms with Crippen molar-refractivity contribution in [3.05, 3.63) is 35.4 Å². The minimum atomic E-state index is -0.863. The van der Waals surface area contributed by atoms with Gasteiger partial charge in [0.2, 0.25) is 0 Å². The molecule has 1 aromatic carbocycles. The average molecular weight is 220 g/mol. The number of nitrogens with two attached hydrogens (primary N) is 2. The van der Waals surface area contributed by atoms with Crippen molar-refractivity contribution in [2.24, 2.45) is 11.5 Å². The first-order valence-corrected chi connectivity index (χ1v) is 4.50. The average Bonchev–Trinajstić information content (AvgIpc) is 2.25. The number of hydrogen-bond acceptors (Lipinski definition) is 3. The van der Waals surface area contributed by atoms with Gasteiger partial charge in [0.05, 0.1) is 7.11 Å². The smallest absolute Gasteiger partial charge is 0.254 e. The summed E-state index contributed by atoms with van der Waals surface area (Å²) in [6, 6.07) is 6.90. The zero-order valence-electron chi connectivity index (χ0n) is 8.77. The van der Waals surface area contributed by atoms with Crippen LogP contribution in [0.3, 0.4) is 0 Å². The van der Waals surface area contributed by atoms with Crippen LogP contribution < -0.4 is 16.2 Å². The fourth-order valence-electron chi connectivity index (χ4n) is 1.20. The van der Waals surface area contributed by atoms with Crippen LogP contribution in [0.5, 0.6) is 5.75 Å². The summed E-state index contributed by atoms with van der Waals surface area (Å²) in [5.74, 6) is -1.20. The van der Waals surface area contributed by atoms with Gasteiger partial charge in [-0.15, -0.1) is 0 Å². The molecular formula is C11H12N2O3. The number of carbonyl (C=O) groups excluding carboxylic acids is 2. The van der Waals surface area contributed by atoms with Crippen molar-refractivity contribution in [3.63, 3.8) is 0 Å². The van der Waals surface area contributed by atoms with Gasteiger partial charge in [0, 0.05) is 5.56 Å². The standard InChI is InChI=1S/C11H12N2O3/c1-16-9-5-3-2-4-7(9)6-8(10(12)14)11(13)15/h2-6H,1H3,(H2,12,14)(H2,13,15). The number of primary amides is 2. The highest BCUT2D eigenvalue weighted by molar-refractivity contribution is 6.20. The number of methoxy groups -OCH3 is 1. The lowest BCUT2D eigenvalue weighted by Gasteiger charge is -2.04. The van der Waals surface area contributed by atoms with E-state index in [1.54, 1.807) is 24.3 Å². The molecule has 0 heterocycles. The van der Waals surface area contributed by atoms with Crippen LogP contribution in [0.4, 0.5) is 0 Å². The molecule has 0 unspecified atom stereocenters. The first-order chi connectivity index (χ1) is 7.56. The Morgan fingerprint density at radius 1 is 1.19 bits per heavy atom. The third-order valence-corrected chi connectivity index (χ3v) is 1.97. The van der Waals surface area contributed by atoms with Gasteiger partial charge in [-0.05, 0) is 12.1 Å². The molecule has 5 nitrogen and oxygen atoms in total. The molecule has 0 saturated heterocycles. The largest absolute Gasteiger partial charge is 0.496 e. The van der Waals surface area contributed by atoms with Crippen LogP contribution in [0.1, 0.15) is 5.56 Å². The van der Waals surface area contributed by atoms with Gasteiger partial charge in [-0.25, -0.2) is 0 Å². The molecule has 1 rings (SSSR count). The molecule has 0 saturated carbocycles. The van der Waals surface area contributed by atoms with E-state index in [9.17, 15) is 9.59 Å². The Morgan fingerprint density at radius 2 is 1.75 bits per heavy atom. The van der Waals surface area contributed by atoms with Gasteiger partial charge < -0.3 is 16.2 Å². The lowest BCUT2D eigenvalue weighted by molar-refractivity contribution is -0.120. The van der Waals surface area contributed by atoms with Crippen molar-refractivity contribution in [1.29, 1.82) is 0 Å². The maximum atomic E-state index is 11.0. The van der Waals surface area contributed by atoms with Crippen molar-refractivity contribution in [1.82, 2.24) is 0 Å². The summed E-state index contributed by atoms with van der Waals surface area (Å²) < 4.78 is 5.06. The molecule has 0 aliphatic rings. The van der Waals surface area contributed by atoms with Crippen LogP contribution in [0.2, 0.25) is 0 Å². The molecule has 0 radical (unpaired) electrons. The minimum Gasteiger partial charge on any atom is -0.496 e. The zero-order chi connectivity index (χ0) is 12.1. The van der Waals surface area contributed by atoms with Gasteiger partial charge in [-0.2, -0.15) is 0 Å². The van der Waals surface area contributed by atoms with Gasteiger partial charge in [-0.3, -0.25) is 9.59 Å². The normalized spacial score (nSPS) is 9.31. The van der Waals surface area contributed by atoms with Crippen molar-refractivity contribution in [2.45, 2.75) is 0 Å². The summed E-state index contributed by atoms with van der Waals surface area (Å²) in [5.41, 5.74) is 10.4. The Morgan fingerprint density at radius 3 is 2.25 bits per heavy atom. The molecule has 4 N–H and O–H groups in total. The summed E-state index contributed by atoms with van der Waals surface area (Å²) in [6.07, 6.45) is 1.31. The van der Waals surface area contributed by atoms with Crippen LogP contribution in [0.25, 0.3) is 6.08 Å². The van der Waals surface area contributed by atoms with Gasteiger partial charge in [0.25, 0.3) is 11.8 Å². The first-order valence-electron chi connectivity index (χ1n) is 4.50. The number of ether oxygens (including phenoxy) is 1. The van der Waals surface area contributed by atoms with Crippen LogP contribution in [0.15, 0.2) is 29.8 Å². The number of para-hydroxylation sites is 1. The molecule has 2 amide bonds. The molecule has 0 bridgehead atoms. The van der Waals surface area contributed by atoms with Gasteiger partial charge in [-0.1, -0.05) is 18.2 Å². The zero-order valence-corrected chi connectivity index (χ0v) is 8.77. The highest BCUT2D eigenvalue weighted by atomic mass is 16.5. The third kappa shape index (κ3) is 2.60. The monoisotopic (exact) mass is 220 g/mol. The number of rotatable bonds is 4. The van der Waals surface area contributed by atoms with E-state index in [4.69, 9.17) is 16.2 Å². The Labute approximate surface area is 92.7 Å². The molecular weight excluding hydrogens is 208 g/mol. The van der Waals surface area contributed by atoms with Crippen molar-refractivity contribution in [3.8, 4) is 5.75 Å². The Balaban J connectivity index is 3.23. The summed E-state index contributed by atoms with van der Waals surface area (Å²) in [4.78, 5) is 21.9. The topological polar surface area (TPSA) is 95.4 Å². The van der Waals surface area contributed by atoms with E-state index in [0.29, 0.717) is 11.3 Å². The Hall–Kier alpha value is -2.30. The molecule has 0 spiro atoms. The molecule has 0 aliphatic carbocycles. The lowest BCUT2D eigenvalue weighted by atomic mass is 10.1. The molecule has 84 valence electrons. The van der Waals surface area contributed by atoms with Crippen LogP contribution in [0, 0.1) is 0 Å². The second-order valence-corrected chi connectivity index (χ2v) is 3.03. The maximum Gasteiger partial charge on any atom is 0.254 e. The molecule has 0 fully saturated rings. The molecule has 1 aromatic rings. The SMILES string of the molecule is COc1ccccc1C=C(C(N)=O)C(N)=O. The minimum absolute atomic E-state index is 0.260. The van der Waals surface area contributed by atoms with E-state index < -0.39 is 11.8 Å². The number of amides is 2. The van der Waals surface area contributed by atoms with Gasteiger partial charge in [0.1, 0.15) is 11.3 Å². The Kier molecular flexibility index (Phi) is 3.66. The second kappa shape index (κ2) is 4.97. The van der Waals surface area contributed by atoms with E-state index in [2.05, 4.69) is 0 Å². The fourth-order valence-corrected chi connectivity index (χ4v) is 1.20. The fraction of sp³-hybridized carbons (Fsp3) is 0.0909. The number of benzene rings is 1. The van der Waals surface area contributed by atoms with Crippen molar-refractivity contribution < 1.29 is 14.3 Å². The summed E-state index contributed by atoms with van der Waals surface area (Å²) in [5, 5.41) is 0. The summed E-state index contributed by atoms with van der Waals surface area (Å²) in [6.45, 7) is 0. The lowest BCUT2D eigenvalue weighted by Crippen LogP contribution is -2.25. The van der Waals surface area contributed by atoms with E-state index in [0.717, 1.165) is 0 Å². The number of carbonyl (C=O) groups is 2. The predicted octanol–water partition coefficient (Wildman–Crippen LogP) is 0.0492. The van der Waals surface area contributed by atoms with Crippen molar-refractivity contribution >= 4 is 17.9 Å². The molecule has 5 heteroatoms. The molecule has 16 heavy (non-hydrogen) atoms. The summed E-state index contributed by atoms with van der Waals surface area (Å²) >= 11 is 0. The maximum absolute atomic E-state index is 11.0. The highest BCUT2D eigenvalue weighted by Gasteiger charge is 2.12. The van der Waals surface area contributed by atoms with Crippen molar-refractivity contribution in [2.75, 3.05) is 7.11 Å². The van der Waals surface area contributed by atoms with Crippen LogP contribution >= 0.6 is 0 Å². The van der Waals surface area contributed by atoms with E-state index >= 15 is 0 Å². The third-order valence-electron chi connectivity index (χ3n) is 1.97. The highest BCUT2D eigenvalue weighted by Crippen LogP contribution is 2.20. The van der Waals surface area contributed by atoms with Gasteiger partial charge in [0.15, 0.2) is 0 Å². The predicted molar refractivity (Wildman–Crippen MR) is 59.4 cm³/mol. The second-order valence-electron chi connectivity index (χ2n) is 3.03. The first kappa shape index (κ1) is 11.8. The Bertz CT molecular complexity index is 436. The van der Waals surface area contributed by atoms with Crippen LogP contribution in [-0.2, 0) is 9.59 Å². The van der Waals surface area contributed by atoms with Gasteiger partial charge >= 0.3 is 0 Å². The van der Waals surface area contributed by atoms with Crippen LogP contribution in [-0.4, -0.2) is 18.9 Å².